The highest BCUT2D eigenvalue weighted by atomic mass is 16.6. The molecule has 0 N–H and O–H groups in total. The van der Waals surface area contributed by atoms with Crippen molar-refractivity contribution in [1.29, 1.82) is 0 Å². The number of rotatable bonds is 3. The zero-order valence-electron chi connectivity index (χ0n) is 7.21. The van der Waals surface area contributed by atoms with Gasteiger partial charge in [0.1, 0.15) is 5.69 Å². The number of hydrogen-bond donors (Lipinski definition) is 0. The van der Waals surface area contributed by atoms with E-state index in [1.807, 2.05) is 0 Å². The molecule has 1 rings (SSSR count). The van der Waals surface area contributed by atoms with Crippen molar-refractivity contribution in [2.24, 2.45) is 0 Å². The van der Waals surface area contributed by atoms with Crippen molar-refractivity contribution in [3.63, 3.8) is 0 Å². The Morgan fingerprint density at radius 3 is 2.29 bits per heavy atom. The zero-order chi connectivity index (χ0) is 10.7. The molecule has 14 heavy (non-hydrogen) atoms. The Morgan fingerprint density at radius 1 is 1.21 bits per heavy atom. The molecule has 0 aliphatic rings. The van der Waals surface area contributed by atoms with Crippen LogP contribution in [0.25, 0.3) is 0 Å². The van der Waals surface area contributed by atoms with E-state index < -0.39 is 9.85 Å². The summed E-state index contributed by atoms with van der Waals surface area (Å²) in [4.78, 5) is 19.4. The number of benzene rings is 1. The molecule has 0 unspecified atom stereocenters. The summed E-state index contributed by atoms with van der Waals surface area (Å²) >= 11 is 0. The van der Waals surface area contributed by atoms with Gasteiger partial charge in [-0.05, 0) is 6.07 Å². The second-order valence-corrected chi connectivity index (χ2v) is 2.41. The van der Waals surface area contributed by atoms with Crippen molar-refractivity contribution in [3.8, 4) is 0 Å². The van der Waals surface area contributed by atoms with Gasteiger partial charge >= 0.3 is 5.69 Å². The van der Waals surface area contributed by atoms with Gasteiger partial charge in [0, 0.05) is 13.1 Å². The van der Waals surface area contributed by atoms with Crippen LogP contribution in [-0.2, 0) is 0 Å². The molecule has 0 aliphatic heterocycles. The first-order valence-electron chi connectivity index (χ1n) is 3.59. The van der Waals surface area contributed by atoms with Crippen molar-refractivity contribution in [2.45, 2.75) is 0 Å². The summed E-state index contributed by atoms with van der Waals surface area (Å²) in [6, 6.07) is 3.31. The van der Waals surface area contributed by atoms with Crippen LogP contribution in [0, 0.1) is 20.2 Å². The molecule has 1 radical (unpaired) electrons. The second-order valence-electron chi connectivity index (χ2n) is 2.41. The van der Waals surface area contributed by atoms with Crippen LogP contribution < -0.4 is 5.32 Å². The second kappa shape index (κ2) is 3.69. The highest BCUT2D eigenvalue weighted by Crippen LogP contribution is 2.28. The summed E-state index contributed by atoms with van der Waals surface area (Å²) in [5.74, 6) is 0. The highest BCUT2D eigenvalue weighted by molar-refractivity contribution is 5.60. The van der Waals surface area contributed by atoms with Crippen LogP contribution in [0.5, 0.6) is 0 Å². The first-order valence-corrected chi connectivity index (χ1v) is 3.59. The van der Waals surface area contributed by atoms with Crippen molar-refractivity contribution >= 4 is 17.1 Å². The maximum Gasteiger partial charge on any atom is 0.301 e. The van der Waals surface area contributed by atoms with Crippen LogP contribution in [-0.4, -0.2) is 16.9 Å². The van der Waals surface area contributed by atoms with Gasteiger partial charge in [-0.15, -0.1) is 0 Å². The first kappa shape index (κ1) is 9.90. The van der Waals surface area contributed by atoms with Crippen LogP contribution >= 0.6 is 0 Å². The van der Waals surface area contributed by atoms with Gasteiger partial charge in [-0.25, -0.2) is 0 Å². The predicted octanol–water partition coefficient (Wildman–Crippen LogP) is 1.37. The summed E-state index contributed by atoms with van der Waals surface area (Å²) in [5.41, 5.74) is -0.550. The van der Waals surface area contributed by atoms with Gasteiger partial charge in [0.25, 0.3) is 5.69 Å². The van der Waals surface area contributed by atoms with Crippen molar-refractivity contribution in [2.75, 3.05) is 7.05 Å². The van der Waals surface area contributed by atoms with Gasteiger partial charge in [0.05, 0.1) is 15.9 Å². The van der Waals surface area contributed by atoms with Crippen LogP contribution in [0.15, 0.2) is 18.2 Å². The Labute approximate surface area is 78.7 Å². The van der Waals surface area contributed by atoms with Crippen LogP contribution in [0.3, 0.4) is 0 Å². The van der Waals surface area contributed by atoms with Gasteiger partial charge in [-0.3, -0.25) is 25.5 Å². The van der Waals surface area contributed by atoms with Gasteiger partial charge in [-0.1, -0.05) is 0 Å². The first-order chi connectivity index (χ1) is 6.56. The van der Waals surface area contributed by atoms with Crippen LogP contribution in [0.4, 0.5) is 17.1 Å². The third-order valence-corrected chi connectivity index (χ3v) is 1.61. The smallest absolute Gasteiger partial charge is 0.282 e. The minimum absolute atomic E-state index is 0.126. The Bertz CT molecular complexity index is 391. The summed E-state index contributed by atoms with van der Waals surface area (Å²) in [7, 11) is 1.38. The molecule has 0 saturated heterocycles. The molecule has 0 saturated carbocycles. The molecule has 0 atom stereocenters. The molecular weight excluding hydrogens is 190 g/mol. The van der Waals surface area contributed by atoms with Gasteiger partial charge in [0.2, 0.25) is 0 Å². The minimum Gasteiger partial charge on any atom is -0.282 e. The van der Waals surface area contributed by atoms with Crippen molar-refractivity contribution in [3.05, 3.63) is 38.4 Å². The third kappa shape index (κ3) is 1.76. The van der Waals surface area contributed by atoms with Gasteiger partial charge < -0.3 is 0 Å². The molecule has 7 heteroatoms. The fourth-order valence-electron chi connectivity index (χ4n) is 0.961. The Hall–Kier alpha value is -2.18. The van der Waals surface area contributed by atoms with E-state index in [-0.39, 0.29) is 17.1 Å². The maximum atomic E-state index is 10.5. The molecule has 0 spiro atoms. The maximum absolute atomic E-state index is 10.5. The monoisotopic (exact) mass is 196 g/mol. The number of nitro benzene ring substituents is 2. The molecule has 0 amide bonds. The minimum atomic E-state index is -0.699. The summed E-state index contributed by atoms with van der Waals surface area (Å²) in [6.07, 6.45) is 0. The average Bonchev–Trinajstić information content (AvgIpc) is 2.16. The van der Waals surface area contributed by atoms with E-state index in [1.54, 1.807) is 0 Å². The lowest BCUT2D eigenvalue weighted by molar-refractivity contribution is -0.393. The number of hydrogen-bond acceptors (Lipinski definition) is 4. The van der Waals surface area contributed by atoms with Gasteiger partial charge in [-0.2, -0.15) is 0 Å². The van der Waals surface area contributed by atoms with E-state index in [1.165, 1.54) is 19.2 Å². The highest BCUT2D eigenvalue weighted by Gasteiger charge is 2.18. The number of nitro groups is 2. The Morgan fingerprint density at radius 2 is 1.86 bits per heavy atom. The summed E-state index contributed by atoms with van der Waals surface area (Å²) in [5, 5.41) is 24.4. The molecule has 1 aromatic carbocycles. The number of nitrogens with zero attached hydrogens (tertiary/aromatic N) is 3. The molecule has 0 aromatic heterocycles. The van der Waals surface area contributed by atoms with E-state index in [0.29, 0.717) is 0 Å². The predicted molar refractivity (Wildman–Crippen MR) is 47.5 cm³/mol. The zero-order valence-corrected chi connectivity index (χ0v) is 7.21. The standard InChI is InChI=1S/C7H6N3O4/c1-8-6-3-2-5(9(11)12)4-7(6)10(13)14/h2-4H,1H3. The van der Waals surface area contributed by atoms with Crippen LogP contribution in [0.2, 0.25) is 0 Å². The van der Waals surface area contributed by atoms with E-state index >= 15 is 0 Å². The summed E-state index contributed by atoms with van der Waals surface area (Å²) < 4.78 is 0. The van der Waals surface area contributed by atoms with Crippen molar-refractivity contribution in [1.82, 2.24) is 5.32 Å². The Kier molecular flexibility index (Phi) is 2.61. The van der Waals surface area contributed by atoms with E-state index in [2.05, 4.69) is 5.32 Å². The lowest BCUT2D eigenvalue weighted by Gasteiger charge is -1.98. The largest absolute Gasteiger partial charge is 0.301 e. The molecule has 0 heterocycles. The molecule has 0 bridgehead atoms. The van der Waals surface area contributed by atoms with Crippen LogP contribution in [0.1, 0.15) is 0 Å². The molecule has 73 valence electrons. The van der Waals surface area contributed by atoms with E-state index in [0.717, 1.165) is 6.07 Å². The molecular formula is C7H6N3O4. The molecule has 1 aromatic rings. The number of non-ortho nitro benzene ring substituents is 1. The molecule has 0 aliphatic carbocycles. The topological polar surface area (TPSA) is 100 Å². The van der Waals surface area contributed by atoms with E-state index in [4.69, 9.17) is 0 Å². The summed E-state index contributed by atoms with van der Waals surface area (Å²) in [6.45, 7) is 0. The van der Waals surface area contributed by atoms with Gasteiger partial charge in [0.15, 0.2) is 0 Å². The fraction of sp³-hybridized carbons (Fsp3) is 0.143. The normalized spacial score (nSPS) is 9.50. The third-order valence-electron chi connectivity index (χ3n) is 1.61. The lowest BCUT2D eigenvalue weighted by Crippen LogP contribution is -1.97. The molecule has 0 fully saturated rings. The SMILES string of the molecule is C[N]c1ccc([N+](=O)[O-])cc1[N+](=O)[O-]. The quantitative estimate of drug-likeness (QED) is 0.538. The molecule has 7 nitrogen and oxygen atoms in total. The fourth-order valence-corrected chi connectivity index (χ4v) is 0.961. The average molecular weight is 196 g/mol. The van der Waals surface area contributed by atoms with E-state index in [9.17, 15) is 20.2 Å². The van der Waals surface area contributed by atoms with Crippen molar-refractivity contribution < 1.29 is 9.85 Å². The Balaban J connectivity index is 3.27. The lowest BCUT2D eigenvalue weighted by atomic mass is 10.2.